The van der Waals surface area contributed by atoms with E-state index in [1.54, 1.807) is 23.2 Å². The number of hydrogen-bond donors (Lipinski definition) is 1. The Morgan fingerprint density at radius 3 is 2.96 bits per heavy atom. The molecule has 1 aliphatic rings. The Bertz CT molecular complexity index is 745. The van der Waals surface area contributed by atoms with Crippen LogP contribution >= 0.6 is 0 Å². The molecule has 0 spiro atoms. The van der Waals surface area contributed by atoms with Gasteiger partial charge in [0.25, 0.3) is 11.6 Å². The molecule has 1 unspecified atom stereocenters. The first kappa shape index (κ1) is 16.1. The summed E-state index contributed by atoms with van der Waals surface area (Å²) in [6, 6.07) is 4.45. The number of carbonyl (C=O) groups is 1. The van der Waals surface area contributed by atoms with E-state index in [2.05, 4.69) is 4.98 Å². The predicted molar refractivity (Wildman–Crippen MR) is 85.9 cm³/mol. The molecule has 0 radical (unpaired) electrons. The van der Waals surface area contributed by atoms with Crippen molar-refractivity contribution in [3.05, 3.63) is 52.6 Å². The Hall–Kier alpha value is -2.74. The standard InChI is InChI=1S/C16H18N4O4/c21-10-12-2-1-6-18(9-12)16(22)13-3-4-14(15(8-13)20(23)24)19-7-5-17-11-19/h3-5,7-8,11-12,21H,1-2,6,9-10H2. The second-order valence-electron chi connectivity index (χ2n) is 5.87. The maximum Gasteiger partial charge on any atom is 0.294 e. The number of nitrogens with zero attached hydrogens (tertiary/aromatic N) is 4. The summed E-state index contributed by atoms with van der Waals surface area (Å²) in [7, 11) is 0. The monoisotopic (exact) mass is 330 g/mol. The van der Waals surface area contributed by atoms with Gasteiger partial charge in [0.15, 0.2) is 0 Å². The van der Waals surface area contributed by atoms with E-state index >= 15 is 0 Å². The van der Waals surface area contributed by atoms with E-state index < -0.39 is 4.92 Å². The van der Waals surface area contributed by atoms with E-state index in [0.29, 0.717) is 18.8 Å². The number of aromatic nitrogens is 2. The summed E-state index contributed by atoms with van der Waals surface area (Å²) in [5.41, 5.74) is 0.500. The molecule has 1 amide bonds. The van der Waals surface area contributed by atoms with Crippen LogP contribution in [0.1, 0.15) is 23.2 Å². The van der Waals surface area contributed by atoms with Crippen LogP contribution in [0.15, 0.2) is 36.9 Å². The zero-order valence-electron chi connectivity index (χ0n) is 13.0. The van der Waals surface area contributed by atoms with Crippen molar-refractivity contribution in [1.29, 1.82) is 0 Å². The molecule has 1 N–H and O–H groups in total. The Kier molecular flexibility index (Phi) is 4.57. The average molecular weight is 330 g/mol. The number of amides is 1. The van der Waals surface area contributed by atoms with Gasteiger partial charge in [0, 0.05) is 43.7 Å². The van der Waals surface area contributed by atoms with Crippen molar-refractivity contribution in [3.63, 3.8) is 0 Å². The van der Waals surface area contributed by atoms with Crippen LogP contribution in [0.3, 0.4) is 0 Å². The molecular formula is C16H18N4O4. The molecule has 8 heteroatoms. The summed E-state index contributed by atoms with van der Waals surface area (Å²) < 4.78 is 1.54. The van der Waals surface area contributed by atoms with E-state index in [1.807, 2.05) is 0 Å². The predicted octanol–water partition coefficient (Wildman–Crippen LogP) is 1.62. The molecule has 0 aliphatic carbocycles. The molecule has 3 rings (SSSR count). The number of imidazole rings is 1. The van der Waals surface area contributed by atoms with Crippen LogP contribution < -0.4 is 0 Å². The quantitative estimate of drug-likeness (QED) is 0.678. The minimum Gasteiger partial charge on any atom is -0.396 e. The number of aliphatic hydroxyl groups is 1. The number of benzene rings is 1. The first-order chi connectivity index (χ1) is 11.6. The zero-order chi connectivity index (χ0) is 17.1. The van der Waals surface area contributed by atoms with Crippen LogP contribution in [-0.4, -0.2) is 50.1 Å². The van der Waals surface area contributed by atoms with E-state index in [0.717, 1.165) is 12.8 Å². The summed E-state index contributed by atoms with van der Waals surface area (Å²) in [6.45, 7) is 1.13. The normalized spacial score (nSPS) is 17.7. The fourth-order valence-electron chi connectivity index (χ4n) is 3.00. The molecule has 1 atom stereocenters. The first-order valence-electron chi connectivity index (χ1n) is 7.77. The fraction of sp³-hybridized carbons (Fsp3) is 0.375. The Morgan fingerprint density at radius 2 is 2.29 bits per heavy atom. The van der Waals surface area contributed by atoms with Crippen LogP contribution in [0.5, 0.6) is 0 Å². The van der Waals surface area contributed by atoms with Crippen molar-refractivity contribution in [1.82, 2.24) is 14.5 Å². The number of aliphatic hydroxyl groups excluding tert-OH is 1. The summed E-state index contributed by atoms with van der Waals surface area (Å²) in [6.07, 6.45) is 6.33. The third-order valence-corrected chi connectivity index (χ3v) is 4.27. The molecule has 24 heavy (non-hydrogen) atoms. The number of rotatable bonds is 4. The van der Waals surface area contributed by atoms with Gasteiger partial charge >= 0.3 is 0 Å². The largest absolute Gasteiger partial charge is 0.396 e. The van der Waals surface area contributed by atoms with Crippen LogP contribution in [0.4, 0.5) is 5.69 Å². The molecule has 0 bridgehead atoms. The highest BCUT2D eigenvalue weighted by Crippen LogP contribution is 2.26. The zero-order valence-corrected chi connectivity index (χ0v) is 13.0. The molecule has 2 heterocycles. The molecule has 2 aromatic rings. The highest BCUT2D eigenvalue weighted by molar-refractivity contribution is 5.95. The van der Waals surface area contributed by atoms with Crippen LogP contribution in [-0.2, 0) is 0 Å². The van der Waals surface area contributed by atoms with Crippen molar-refractivity contribution in [2.45, 2.75) is 12.8 Å². The smallest absolute Gasteiger partial charge is 0.294 e. The van der Waals surface area contributed by atoms with Crippen molar-refractivity contribution < 1.29 is 14.8 Å². The van der Waals surface area contributed by atoms with Crippen molar-refractivity contribution in [2.24, 2.45) is 5.92 Å². The van der Waals surface area contributed by atoms with Gasteiger partial charge < -0.3 is 14.6 Å². The Morgan fingerprint density at radius 1 is 1.46 bits per heavy atom. The third-order valence-electron chi connectivity index (χ3n) is 4.27. The lowest BCUT2D eigenvalue weighted by Gasteiger charge is -2.31. The van der Waals surface area contributed by atoms with Gasteiger partial charge in [-0.25, -0.2) is 4.98 Å². The van der Waals surface area contributed by atoms with E-state index in [1.165, 1.54) is 23.2 Å². The van der Waals surface area contributed by atoms with Gasteiger partial charge in [-0.15, -0.1) is 0 Å². The molecule has 1 aromatic heterocycles. The number of carbonyl (C=O) groups excluding carboxylic acids is 1. The maximum atomic E-state index is 12.6. The van der Waals surface area contributed by atoms with Gasteiger partial charge in [-0.05, 0) is 30.9 Å². The second kappa shape index (κ2) is 6.79. The summed E-state index contributed by atoms with van der Waals surface area (Å²) in [5.74, 6) is -0.170. The minimum atomic E-state index is -0.501. The summed E-state index contributed by atoms with van der Waals surface area (Å²) >= 11 is 0. The molecular weight excluding hydrogens is 312 g/mol. The van der Waals surface area contributed by atoms with Gasteiger partial charge in [0.05, 0.1) is 11.3 Å². The minimum absolute atomic E-state index is 0.0451. The fourth-order valence-corrected chi connectivity index (χ4v) is 3.00. The third kappa shape index (κ3) is 3.13. The second-order valence-corrected chi connectivity index (χ2v) is 5.87. The molecule has 0 saturated carbocycles. The molecule has 1 fully saturated rings. The van der Waals surface area contributed by atoms with Crippen molar-refractivity contribution in [3.8, 4) is 5.69 Å². The lowest BCUT2D eigenvalue weighted by Crippen LogP contribution is -2.40. The lowest BCUT2D eigenvalue weighted by atomic mass is 9.98. The topological polar surface area (TPSA) is 102 Å². The number of piperidine rings is 1. The average Bonchev–Trinajstić information content (AvgIpc) is 3.15. The summed E-state index contributed by atoms with van der Waals surface area (Å²) in [5, 5.41) is 20.7. The molecule has 1 aromatic carbocycles. The highest BCUT2D eigenvalue weighted by atomic mass is 16.6. The Balaban J connectivity index is 1.90. The first-order valence-corrected chi connectivity index (χ1v) is 7.77. The van der Waals surface area contributed by atoms with Crippen molar-refractivity contribution >= 4 is 11.6 Å². The number of nitro benzene ring substituents is 1. The molecule has 126 valence electrons. The van der Waals surface area contributed by atoms with Gasteiger partial charge in [0.2, 0.25) is 0 Å². The van der Waals surface area contributed by atoms with E-state index in [-0.39, 0.29) is 29.7 Å². The van der Waals surface area contributed by atoms with Crippen LogP contribution in [0, 0.1) is 16.0 Å². The van der Waals surface area contributed by atoms with Gasteiger partial charge in [-0.3, -0.25) is 14.9 Å². The maximum absolute atomic E-state index is 12.6. The summed E-state index contributed by atoms with van der Waals surface area (Å²) in [4.78, 5) is 29.1. The van der Waals surface area contributed by atoms with Crippen molar-refractivity contribution in [2.75, 3.05) is 19.7 Å². The highest BCUT2D eigenvalue weighted by Gasteiger charge is 2.26. The van der Waals surface area contributed by atoms with E-state index in [4.69, 9.17) is 0 Å². The van der Waals surface area contributed by atoms with E-state index in [9.17, 15) is 20.0 Å². The number of hydrogen-bond acceptors (Lipinski definition) is 5. The molecule has 8 nitrogen and oxygen atoms in total. The van der Waals surface area contributed by atoms with Crippen LogP contribution in [0.2, 0.25) is 0 Å². The lowest BCUT2D eigenvalue weighted by molar-refractivity contribution is -0.384. The SMILES string of the molecule is O=C(c1ccc(-n2ccnc2)c([N+](=O)[O-])c1)N1CCCC(CO)C1. The number of likely N-dealkylation sites (tertiary alicyclic amines) is 1. The van der Waals surface area contributed by atoms with Gasteiger partial charge in [0.1, 0.15) is 5.69 Å². The van der Waals surface area contributed by atoms with Crippen LogP contribution in [0.25, 0.3) is 5.69 Å². The Labute approximate surface area is 138 Å². The van der Waals surface area contributed by atoms with Gasteiger partial charge in [-0.1, -0.05) is 0 Å². The van der Waals surface area contributed by atoms with Gasteiger partial charge in [-0.2, -0.15) is 0 Å². The molecule has 1 aliphatic heterocycles. The number of nitro groups is 1. The molecule has 1 saturated heterocycles.